The summed E-state index contributed by atoms with van der Waals surface area (Å²) in [5.74, 6) is -0.487. The summed E-state index contributed by atoms with van der Waals surface area (Å²) in [6.45, 7) is 3.50. The van der Waals surface area contributed by atoms with Gasteiger partial charge >= 0.3 is 0 Å². The number of carbonyl (C=O) groups excluding carboxylic acids is 2. The fourth-order valence-corrected chi connectivity index (χ4v) is 2.72. The lowest BCUT2D eigenvalue weighted by atomic mass is 10.2. The number of rotatable bonds is 6. The smallest absolute Gasteiger partial charge is 0.246 e. The van der Waals surface area contributed by atoms with Crippen molar-refractivity contribution in [2.45, 2.75) is 57.9 Å². The number of nitrogens with two attached hydrogens (primary N) is 1. The Labute approximate surface area is 136 Å². The predicted molar refractivity (Wildman–Crippen MR) is 88.8 cm³/mol. The van der Waals surface area contributed by atoms with E-state index in [4.69, 9.17) is 10.5 Å². The molecule has 4 N–H and O–H groups in total. The molecule has 126 valence electrons. The molecule has 0 aromatic heterocycles. The average Bonchev–Trinajstić information content (AvgIpc) is 2.90. The van der Waals surface area contributed by atoms with E-state index in [-0.39, 0.29) is 24.0 Å². The first kappa shape index (κ1) is 17.4. The third-order valence-electron chi connectivity index (χ3n) is 3.98. The fourth-order valence-electron chi connectivity index (χ4n) is 2.72. The molecule has 0 aliphatic heterocycles. The van der Waals surface area contributed by atoms with E-state index in [0.29, 0.717) is 12.3 Å². The summed E-state index contributed by atoms with van der Waals surface area (Å²) in [7, 11) is 0. The Hall–Kier alpha value is -1.92. The van der Waals surface area contributed by atoms with Gasteiger partial charge in [0.15, 0.2) is 0 Å². The highest BCUT2D eigenvalue weighted by molar-refractivity contribution is 5.96. The van der Waals surface area contributed by atoms with Gasteiger partial charge in [-0.3, -0.25) is 9.59 Å². The lowest BCUT2D eigenvalue weighted by Gasteiger charge is -2.17. The van der Waals surface area contributed by atoms with Gasteiger partial charge in [0.2, 0.25) is 11.8 Å². The molecule has 0 radical (unpaired) electrons. The molecule has 2 rings (SSSR count). The quantitative estimate of drug-likeness (QED) is 0.741. The molecule has 0 spiro atoms. The Kier molecular flexibility index (Phi) is 6.12. The average molecular weight is 319 g/mol. The third kappa shape index (κ3) is 5.33. The van der Waals surface area contributed by atoms with E-state index in [0.717, 1.165) is 24.8 Å². The number of benzene rings is 1. The normalized spacial score (nSPS) is 21.7. The molecule has 6 heteroatoms. The van der Waals surface area contributed by atoms with Crippen molar-refractivity contribution in [2.24, 2.45) is 5.73 Å². The van der Waals surface area contributed by atoms with Crippen molar-refractivity contribution in [2.75, 3.05) is 5.32 Å². The van der Waals surface area contributed by atoms with Crippen LogP contribution in [0.3, 0.4) is 0 Å². The first-order chi connectivity index (χ1) is 11.0. The van der Waals surface area contributed by atoms with Gasteiger partial charge in [0.05, 0.1) is 12.7 Å². The van der Waals surface area contributed by atoms with Gasteiger partial charge in [-0.1, -0.05) is 12.1 Å². The number of ether oxygens (including phenoxy) is 1. The van der Waals surface area contributed by atoms with Gasteiger partial charge in [-0.2, -0.15) is 0 Å². The second kappa shape index (κ2) is 8.08. The van der Waals surface area contributed by atoms with Crippen molar-refractivity contribution in [1.29, 1.82) is 0 Å². The van der Waals surface area contributed by atoms with E-state index in [1.165, 1.54) is 6.92 Å². The van der Waals surface area contributed by atoms with E-state index >= 15 is 0 Å². The number of amides is 2. The summed E-state index contributed by atoms with van der Waals surface area (Å²) < 4.78 is 5.87. The minimum absolute atomic E-state index is 0.119. The molecule has 1 saturated carbocycles. The zero-order valence-electron chi connectivity index (χ0n) is 13.7. The first-order valence-corrected chi connectivity index (χ1v) is 8.00. The number of nitrogens with one attached hydrogen (secondary N) is 2. The van der Waals surface area contributed by atoms with E-state index in [1.807, 2.05) is 24.3 Å². The van der Waals surface area contributed by atoms with Crippen LogP contribution in [0.4, 0.5) is 5.69 Å². The maximum Gasteiger partial charge on any atom is 0.246 e. The van der Waals surface area contributed by atoms with Crippen LogP contribution >= 0.6 is 0 Å². The summed E-state index contributed by atoms with van der Waals surface area (Å²) >= 11 is 0. The van der Waals surface area contributed by atoms with Crippen molar-refractivity contribution in [3.63, 3.8) is 0 Å². The number of carbonyl (C=O) groups is 2. The van der Waals surface area contributed by atoms with Crippen LogP contribution in [0, 0.1) is 0 Å². The van der Waals surface area contributed by atoms with Gasteiger partial charge in [0.1, 0.15) is 6.04 Å². The minimum atomic E-state index is -0.580. The molecule has 23 heavy (non-hydrogen) atoms. The van der Waals surface area contributed by atoms with Gasteiger partial charge in [0, 0.05) is 18.7 Å². The Morgan fingerprint density at radius 1 is 1.39 bits per heavy atom. The Balaban J connectivity index is 1.89. The van der Waals surface area contributed by atoms with Crippen LogP contribution in [0.5, 0.6) is 0 Å². The van der Waals surface area contributed by atoms with Crippen molar-refractivity contribution < 1.29 is 14.3 Å². The fraction of sp³-hybridized carbons (Fsp3) is 0.529. The van der Waals surface area contributed by atoms with Crippen LogP contribution in [-0.4, -0.2) is 30.0 Å². The lowest BCUT2D eigenvalue weighted by Crippen LogP contribution is -2.40. The van der Waals surface area contributed by atoms with E-state index in [9.17, 15) is 9.59 Å². The summed E-state index contributed by atoms with van der Waals surface area (Å²) in [4.78, 5) is 23.0. The minimum Gasteiger partial charge on any atom is -0.372 e. The van der Waals surface area contributed by atoms with Gasteiger partial charge in [-0.15, -0.1) is 0 Å². The van der Waals surface area contributed by atoms with Crippen molar-refractivity contribution in [3.05, 3.63) is 29.8 Å². The predicted octanol–water partition coefficient (Wildman–Crippen LogP) is 1.55. The molecular weight excluding hydrogens is 294 g/mol. The van der Waals surface area contributed by atoms with Gasteiger partial charge in [-0.05, 0) is 43.9 Å². The van der Waals surface area contributed by atoms with Crippen LogP contribution in [-0.2, 0) is 20.9 Å². The van der Waals surface area contributed by atoms with E-state index in [2.05, 4.69) is 10.6 Å². The van der Waals surface area contributed by atoms with Gasteiger partial charge < -0.3 is 21.1 Å². The van der Waals surface area contributed by atoms with E-state index < -0.39 is 6.04 Å². The van der Waals surface area contributed by atoms with Gasteiger partial charge in [0.25, 0.3) is 0 Å². The molecule has 0 bridgehead atoms. The molecule has 1 aromatic carbocycles. The molecule has 6 nitrogen and oxygen atoms in total. The maximum absolute atomic E-state index is 12.0. The molecular formula is C17H25N3O3. The van der Waals surface area contributed by atoms with Crippen LogP contribution in [0.2, 0.25) is 0 Å². The van der Waals surface area contributed by atoms with Crippen LogP contribution in [0.1, 0.15) is 38.7 Å². The van der Waals surface area contributed by atoms with Crippen molar-refractivity contribution >= 4 is 17.5 Å². The Morgan fingerprint density at radius 3 is 2.83 bits per heavy atom. The lowest BCUT2D eigenvalue weighted by molar-refractivity contribution is -0.124. The highest BCUT2D eigenvalue weighted by atomic mass is 16.5. The number of hydrogen-bond acceptors (Lipinski definition) is 4. The molecule has 0 heterocycles. The van der Waals surface area contributed by atoms with Crippen molar-refractivity contribution in [3.8, 4) is 0 Å². The van der Waals surface area contributed by atoms with E-state index in [1.54, 1.807) is 6.92 Å². The van der Waals surface area contributed by atoms with Crippen molar-refractivity contribution in [1.82, 2.24) is 5.32 Å². The highest BCUT2D eigenvalue weighted by Crippen LogP contribution is 2.22. The molecule has 1 fully saturated rings. The monoisotopic (exact) mass is 319 g/mol. The standard InChI is InChI=1S/C17H25N3O3/c1-11(19-12(2)21)17(22)20-14-6-3-5-13(9-14)10-23-16-8-4-7-15(16)18/h3,5-6,9,11,15-16H,4,7-8,10,18H2,1-2H3,(H,19,21)(H,20,22)/t11?,15-,16-/m0/s1. The molecule has 3 atom stereocenters. The van der Waals surface area contributed by atoms with Crippen LogP contribution in [0.15, 0.2) is 24.3 Å². The van der Waals surface area contributed by atoms with Crippen LogP contribution in [0.25, 0.3) is 0 Å². The molecule has 1 aliphatic carbocycles. The molecule has 0 saturated heterocycles. The summed E-state index contributed by atoms with van der Waals surface area (Å²) in [5.41, 5.74) is 7.66. The van der Waals surface area contributed by atoms with Crippen LogP contribution < -0.4 is 16.4 Å². The maximum atomic E-state index is 12.0. The molecule has 2 amide bonds. The molecule has 1 aromatic rings. The summed E-state index contributed by atoms with van der Waals surface area (Å²) in [6.07, 6.45) is 3.25. The van der Waals surface area contributed by atoms with Gasteiger partial charge in [-0.25, -0.2) is 0 Å². The summed E-state index contributed by atoms with van der Waals surface area (Å²) in [6, 6.07) is 7.04. The zero-order valence-corrected chi connectivity index (χ0v) is 13.7. The SMILES string of the molecule is CC(=O)NC(C)C(=O)Nc1cccc(CO[C@H]2CCC[C@@H]2N)c1. The summed E-state index contributed by atoms with van der Waals surface area (Å²) in [5, 5.41) is 5.35. The Bertz CT molecular complexity index is 562. The number of hydrogen-bond donors (Lipinski definition) is 3. The topological polar surface area (TPSA) is 93.5 Å². The molecule has 1 aliphatic rings. The highest BCUT2D eigenvalue weighted by Gasteiger charge is 2.24. The largest absolute Gasteiger partial charge is 0.372 e. The Morgan fingerprint density at radius 2 is 2.17 bits per heavy atom. The third-order valence-corrected chi connectivity index (χ3v) is 3.98. The number of anilines is 1. The first-order valence-electron chi connectivity index (χ1n) is 8.00. The zero-order chi connectivity index (χ0) is 16.8. The second-order valence-corrected chi connectivity index (χ2v) is 6.06. The molecule has 1 unspecified atom stereocenters. The second-order valence-electron chi connectivity index (χ2n) is 6.06.